The summed E-state index contributed by atoms with van der Waals surface area (Å²) in [5.41, 5.74) is 0. The third-order valence-corrected chi connectivity index (χ3v) is 5.93. The molecule has 1 N–H and O–H groups in total. The van der Waals surface area contributed by atoms with E-state index in [2.05, 4.69) is 18.7 Å². The van der Waals surface area contributed by atoms with Gasteiger partial charge in [0.1, 0.15) is 0 Å². The van der Waals surface area contributed by atoms with Crippen LogP contribution in [0, 0.1) is 11.8 Å². The van der Waals surface area contributed by atoms with Crippen LogP contribution >= 0.6 is 11.8 Å². The van der Waals surface area contributed by atoms with Crippen LogP contribution in [0.25, 0.3) is 0 Å². The molecular weight excluding hydrogens is 258 g/mol. The zero-order valence-corrected chi connectivity index (χ0v) is 13.0. The predicted molar refractivity (Wildman–Crippen MR) is 80.7 cm³/mol. The van der Waals surface area contributed by atoms with Crippen molar-refractivity contribution >= 4 is 17.7 Å². The molecule has 1 saturated heterocycles. The van der Waals surface area contributed by atoms with Crippen molar-refractivity contribution in [2.45, 2.75) is 58.0 Å². The molecule has 2 aliphatic rings. The van der Waals surface area contributed by atoms with E-state index in [9.17, 15) is 4.79 Å². The number of carboxylic acids is 1. The minimum absolute atomic E-state index is 0.261. The summed E-state index contributed by atoms with van der Waals surface area (Å²) in [4.78, 5) is 13.5. The van der Waals surface area contributed by atoms with Crippen LogP contribution in [0.5, 0.6) is 0 Å². The van der Waals surface area contributed by atoms with E-state index in [1.54, 1.807) is 0 Å². The molecule has 2 fully saturated rings. The van der Waals surface area contributed by atoms with Crippen LogP contribution in [-0.4, -0.2) is 46.1 Å². The second-order valence-corrected chi connectivity index (χ2v) is 7.53. The molecule has 1 unspecified atom stereocenters. The molecule has 2 rings (SSSR count). The molecule has 1 saturated carbocycles. The molecule has 0 aromatic rings. The number of hydrogen-bond donors (Lipinski definition) is 1. The van der Waals surface area contributed by atoms with Gasteiger partial charge in [0.05, 0.1) is 6.42 Å². The smallest absolute Gasteiger partial charge is 0.304 e. The summed E-state index contributed by atoms with van der Waals surface area (Å²) in [7, 11) is 0. The van der Waals surface area contributed by atoms with E-state index in [1.165, 1.54) is 31.4 Å². The van der Waals surface area contributed by atoms with Crippen LogP contribution in [0.15, 0.2) is 0 Å². The highest BCUT2D eigenvalue weighted by atomic mass is 32.2. The number of aliphatic carboxylic acids is 1. The molecule has 0 spiro atoms. The SMILES string of the molecule is CC(C)C1CCC(N2CCSCC2CC(=O)O)CC1. The zero-order valence-electron chi connectivity index (χ0n) is 12.2. The molecule has 3 nitrogen and oxygen atoms in total. The van der Waals surface area contributed by atoms with E-state index < -0.39 is 5.97 Å². The van der Waals surface area contributed by atoms with Crippen molar-refractivity contribution in [3.8, 4) is 0 Å². The molecule has 0 aromatic carbocycles. The van der Waals surface area contributed by atoms with Crippen LogP contribution in [0.2, 0.25) is 0 Å². The Labute approximate surface area is 121 Å². The van der Waals surface area contributed by atoms with E-state index >= 15 is 0 Å². The quantitative estimate of drug-likeness (QED) is 0.861. The Hall–Kier alpha value is -0.220. The molecular formula is C15H27NO2S. The summed E-state index contributed by atoms with van der Waals surface area (Å²) in [6.07, 6.45) is 5.50. The van der Waals surface area contributed by atoms with Gasteiger partial charge in [-0.25, -0.2) is 0 Å². The molecule has 1 heterocycles. The molecule has 1 atom stereocenters. The van der Waals surface area contributed by atoms with E-state index in [-0.39, 0.29) is 6.04 Å². The van der Waals surface area contributed by atoms with E-state index in [1.807, 2.05) is 11.8 Å². The molecule has 1 aliphatic carbocycles. The predicted octanol–water partition coefficient (Wildman–Crippen LogP) is 3.09. The molecule has 1 aliphatic heterocycles. The number of carboxylic acid groups (broad SMARTS) is 1. The Balaban J connectivity index is 1.90. The first-order chi connectivity index (χ1) is 9.08. The third kappa shape index (κ3) is 4.12. The molecule has 0 bridgehead atoms. The van der Waals surface area contributed by atoms with Crippen molar-refractivity contribution in [3.05, 3.63) is 0 Å². The number of carbonyl (C=O) groups is 1. The first-order valence-corrected chi connectivity index (χ1v) is 8.78. The zero-order chi connectivity index (χ0) is 13.8. The number of thioether (sulfide) groups is 1. The summed E-state index contributed by atoms with van der Waals surface area (Å²) in [6, 6.07) is 0.900. The number of nitrogens with zero attached hydrogens (tertiary/aromatic N) is 1. The van der Waals surface area contributed by atoms with Crippen LogP contribution in [0.4, 0.5) is 0 Å². The Morgan fingerprint density at radius 2 is 2.00 bits per heavy atom. The van der Waals surface area contributed by atoms with Crippen molar-refractivity contribution in [1.82, 2.24) is 4.90 Å². The van der Waals surface area contributed by atoms with E-state index in [0.717, 1.165) is 24.1 Å². The van der Waals surface area contributed by atoms with Gasteiger partial charge in [-0.2, -0.15) is 11.8 Å². The number of rotatable bonds is 4. The van der Waals surface area contributed by atoms with Gasteiger partial charge in [0.15, 0.2) is 0 Å². The Kier molecular flexibility index (Phi) is 5.58. The lowest BCUT2D eigenvalue weighted by Crippen LogP contribution is -2.50. The molecule has 110 valence electrons. The van der Waals surface area contributed by atoms with Crippen molar-refractivity contribution in [2.24, 2.45) is 11.8 Å². The summed E-state index contributed by atoms with van der Waals surface area (Å²) < 4.78 is 0. The average molecular weight is 285 g/mol. The lowest BCUT2D eigenvalue weighted by Gasteiger charge is -2.43. The maximum atomic E-state index is 11.0. The van der Waals surface area contributed by atoms with Gasteiger partial charge in [-0.1, -0.05) is 13.8 Å². The van der Waals surface area contributed by atoms with Gasteiger partial charge in [0, 0.05) is 30.1 Å². The largest absolute Gasteiger partial charge is 0.481 e. The summed E-state index contributed by atoms with van der Waals surface area (Å²) in [5, 5.41) is 9.06. The minimum atomic E-state index is -0.645. The molecule has 4 heteroatoms. The summed E-state index contributed by atoms with van der Waals surface area (Å²) >= 11 is 1.91. The van der Waals surface area contributed by atoms with Gasteiger partial charge in [-0.15, -0.1) is 0 Å². The first-order valence-electron chi connectivity index (χ1n) is 7.63. The van der Waals surface area contributed by atoms with Crippen molar-refractivity contribution in [3.63, 3.8) is 0 Å². The normalized spacial score (nSPS) is 33.5. The first kappa shape index (κ1) is 15.2. The van der Waals surface area contributed by atoms with Crippen LogP contribution in [-0.2, 0) is 4.79 Å². The molecule has 0 radical (unpaired) electrons. The maximum absolute atomic E-state index is 11.0. The Morgan fingerprint density at radius 3 is 2.58 bits per heavy atom. The fraction of sp³-hybridized carbons (Fsp3) is 0.933. The second kappa shape index (κ2) is 6.98. The van der Waals surface area contributed by atoms with Gasteiger partial charge in [0.25, 0.3) is 0 Å². The fourth-order valence-electron chi connectivity index (χ4n) is 3.63. The lowest BCUT2D eigenvalue weighted by atomic mass is 9.79. The molecule has 19 heavy (non-hydrogen) atoms. The van der Waals surface area contributed by atoms with Crippen LogP contribution < -0.4 is 0 Å². The van der Waals surface area contributed by atoms with E-state index in [4.69, 9.17) is 5.11 Å². The highest BCUT2D eigenvalue weighted by Gasteiger charge is 2.33. The van der Waals surface area contributed by atoms with Gasteiger partial charge in [0.2, 0.25) is 0 Å². The maximum Gasteiger partial charge on any atom is 0.304 e. The van der Waals surface area contributed by atoms with Crippen molar-refractivity contribution in [2.75, 3.05) is 18.1 Å². The van der Waals surface area contributed by atoms with Gasteiger partial charge >= 0.3 is 5.97 Å². The minimum Gasteiger partial charge on any atom is -0.481 e. The number of hydrogen-bond acceptors (Lipinski definition) is 3. The van der Waals surface area contributed by atoms with Crippen LogP contribution in [0.1, 0.15) is 46.0 Å². The van der Waals surface area contributed by atoms with Gasteiger partial charge < -0.3 is 5.11 Å². The second-order valence-electron chi connectivity index (χ2n) is 6.38. The highest BCUT2D eigenvalue weighted by Crippen LogP contribution is 2.34. The monoisotopic (exact) mass is 285 g/mol. The molecule has 0 aromatic heterocycles. The lowest BCUT2D eigenvalue weighted by molar-refractivity contribution is -0.138. The van der Waals surface area contributed by atoms with Crippen molar-refractivity contribution < 1.29 is 9.90 Å². The summed E-state index contributed by atoms with van der Waals surface area (Å²) in [5.74, 6) is 3.20. The highest BCUT2D eigenvalue weighted by molar-refractivity contribution is 7.99. The molecule has 0 amide bonds. The summed E-state index contributed by atoms with van der Waals surface area (Å²) in [6.45, 7) is 5.74. The standard InChI is InChI=1S/C15H27NO2S/c1-11(2)12-3-5-13(6-4-12)16-7-8-19-10-14(16)9-15(17)18/h11-14H,3-10H2,1-2H3,(H,17,18). The van der Waals surface area contributed by atoms with Crippen molar-refractivity contribution in [1.29, 1.82) is 0 Å². The topological polar surface area (TPSA) is 40.5 Å². The van der Waals surface area contributed by atoms with Gasteiger partial charge in [-0.05, 0) is 37.5 Å². The van der Waals surface area contributed by atoms with Crippen LogP contribution in [0.3, 0.4) is 0 Å². The Morgan fingerprint density at radius 1 is 1.32 bits per heavy atom. The van der Waals surface area contributed by atoms with Gasteiger partial charge in [-0.3, -0.25) is 9.69 Å². The fourth-order valence-corrected chi connectivity index (χ4v) is 4.71. The average Bonchev–Trinajstić information content (AvgIpc) is 2.39. The third-order valence-electron chi connectivity index (χ3n) is 4.84. The van der Waals surface area contributed by atoms with E-state index in [0.29, 0.717) is 12.5 Å². The Bertz CT molecular complexity index is 301.